The number of hydrogen-bond acceptors (Lipinski definition) is 7. The summed E-state index contributed by atoms with van der Waals surface area (Å²) in [7, 11) is -7.69. The summed E-state index contributed by atoms with van der Waals surface area (Å²) in [4.78, 5) is 12.3. The van der Waals surface area contributed by atoms with Gasteiger partial charge in [-0.05, 0) is 87.8 Å². The average Bonchev–Trinajstić information content (AvgIpc) is 3.41. The quantitative estimate of drug-likeness (QED) is 0.0209. The predicted octanol–water partition coefficient (Wildman–Crippen LogP) is 14.9. The molecule has 0 radical (unpaired) electrons. The molecule has 0 unspecified atom stereocenters. The Labute approximate surface area is 362 Å². The third-order valence-electron chi connectivity index (χ3n) is 12.9. The molecule has 10 heteroatoms. The zero-order valence-corrected chi connectivity index (χ0v) is 43.1. The SMILES string of the molecule is CCCCCCCCCCCC[C@@H](O[Si](C)(C)C(C)(C)C)[C@H](CC/C=C/CCCCCCCCCC[C@H](CC1=C[C@H](C)OC1=O)O[Si](C)(C)C(C)(C)C)OS(C)(=O)=O. The van der Waals surface area contributed by atoms with Crippen molar-refractivity contribution in [2.45, 2.75) is 270 Å². The van der Waals surface area contributed by atoms with E-state index in [1.807, 2.05) is 13.0 Å². The summed E-state index contributed by atoms with van der Waals surface area (Å²) in [6.07, 6.45) is 34.4. The highest BCUT2D eigenvalue weighted by molar-refractivity contribution is 7.86. The van der Waals surface area contributed by atoms with Crippen molar-refractivity contribution in [1.82, 2.24) is 0 Å². The van der Waals surface area contributed by atoms with Crippen LogP contribution >= 0.6 is 0 Å². The van der Waals surface area contributed by atoms with Gasteiger partial charge in [-0.15, -0.1) is 0 Å². The molecular weight excluding hydrogens is 777 g/mol. The molecule has 0 spiro atoms. The minimum atomic E-state index is -3.61. The number of allylic oxidation sites excluding steroid dienone is 2. The van der Waals surface area contributed by atoms with Crippen LogP contribution in [0.1, 0.15) is 209 Å². The first-order chi connectivity index (χ1) is 27.0. The van der Waals surface area contributed by atoms with Crippen LogP contribution in [0.2, 0.25) is 36.3 Å². The van der Waals surface area contributed by atoms with Crippen LogP contribution in [0.4, 0.5) is 0 Å². The van der Waals surface area contributed by atoms with Gasteiger partial charge < -0.3 is 13.6 Å². The van der Waals surface area contributed by atoms with Crippen molar-refractivity contribution in [3.63, 3.8) is 0 Å². The first-order valence-electron chi connectivity index (χ1n) is 23.8. The van der Waals surface area contributed by atoms with E-state index in [2.05, 4.69) is 86.8 Å². The number of carbonyl (C=O) groups is 1. The third-order valence-corrected chi connectivity index (χ3v) is 22.6. The van der Waals surface area contributed by atoms with Crippen molar-refractivity contribution in [3.05, 3.63) is 23.8 Å². The van der Waals surface area contributed by atoms with Gasteiger partial charge in [-0.2, -0.15) is 8.42 Å². The van der Waals surface area contributed by atoms with E-state index in [9.17, 15) is 13.2 Å². The number of unbranched alkanes of at least 4 members (excludes halogenated alkanes) is 17. The highest BCUT2D eigenvalue weighted by Gasteiger charge is 2.42. The van der Waals surface area contributed by atoms with Crippen molar-refractivity contribution < 1.29 is 31.0 Å². The molecule has 0 saturated carbocycles. The lowest BCUT2D eigenvalue weighted by Gasteiger charge is -2.41. The molecule has 0 aromatic carbocycles. The second-order valence-electron chi connectivity index (χ2n) is 20.7. The fraction of sp³-hybridized carbons (Fsp3) is 0.896. The lowest BCUT2D eigenvalue weighted by atomic mass is 10.0. The van der Waals surface area contributed by atoms with Gasteiger partial charge in [0.15, 0.2) is 16.6 Å². The van der Waals surface area contributed by atoms with Gasteiger partial charge in [0.05, 0.1) is 12.4 Å². The standard InChI is InChI=1S/C48H94O7SSi2/c1-14-15-16-17-18-19-25-29-32-35-38-45(55-58(12,13)48(6,7)8)44(53-56(9,50)51)37-34-31-28-26-23-21-20-22-24-27-30-33-36-43(54-57(10,11)47(3,4)5)40-42-39-41(2)52-46(42)49/h28,31,39,41,43-45H,14-27,29-30,32-38,40H2,1-13H3/b31-28+/t41-,43+,44-,45+/m0/s1. The van der Waals surface area contributed by atoms with E-state index in [-0.39, 0.29) is 34.4 Å². The number of cyclic esters (lactones) is 1. The summed E-state index contributed by atoms with van der Waals surface area (Å²) in [5, 5.41) is 0.167. The van der Waals surface area contributed by atoms with E-state index in [0.717, 1.165) is 50.5 Å². The van der Waals surface area contributed by atoms with Crippen molar-refractivity contribution in [2.24, 2.45) is 0 Å². The van der Waals surface area contributed by atoms with Gasteiger partial charge in [-0.25, -0.2) is 4.79 Å². The predicted molar refractivity (Wildman–Crippen MR) is 253 cm³/mol. The number of esters is 1. The van der Waals surface area contributed by atoms with Gasteiger partial charge in [0.2, 0.25) is 0 Å². The zero-order chi connectivity index (χ0) is 43.9. The maximum Gasteiger partial charge on any atom is 0.334 e. The number of rotatable bonds is 34. The van der Waals surface area contributed by atoms with Crippen molar-refractivity contribution in [3.8, 4) is 0 Å². The van der Waals surface area contributed by atoms with Crippen LogP contribution < -0.4 is 0 Å². The van der Waals surface area contributed by atoms with Gasteiger partial charge in [0.25, 0.3) is 10.1 Å². The van der Waals surface area contributed by atoms with E-state index in [1.54, 1.807) is 0 Å². The fourth-order valence-electron chi connectivity index (χ4n) is 7.24. The third kappa shape index (κ3) is 24.6. The van der Waals surface area contributed by atoms with Gasteiger partial charge in [-0.1, -0.05) is 170 Å². The summed E-state index contributed by atoms with van der Waals surface area (Å²) in [6.45, 7) is 26.9. The molecule has 1 rings (SSSR count). The molecule has 0 amide bonds. The average molecular weight is 872 g/mol. The first-order valence-corrected chi connectivity index (χ1v) is 31.4. The monoisotopic (exact) mass is 871 g/mol. The normalized spacial score (nSPS) is 17.5. The van der Waals surface area contributed by atoms with Crippen LogP contribution in [0, 0.1) is 0 Å². The molecule has 0 fully saturated rings. The van der Waals surface area contributed by atoms with E-state index < -0.39 is 32.9 Å². The van der Waals surface area contributed by atoms with Gasteiger partial charge >= 0.3 is 5.97 Å². The molecular formula is C48H94O7SSi2. The Balaban J connectivity index is 2.50. The molecule has 1 aliphatic rings. The summed E-state index contributed by atoms with van der Waals surface area (Å²) in [5.74, 6) is -0.176. The van der Waals surface area contributed by atoms with Crippen LogP contribution in [0.3, 0.4) is 0 Å². The Bertz CT molecular complexity index is 1280. The molecule has 0 aromatic rings. The number of hydrogen-bond donors (Lipinski definition) is 0. The lowest BCUT2D eigenvalue weighted by Crippen LogP contribution is -2.48. The Morgan fingerprint density at radius 2 is 1.10 bits per heavy atom. The van der Waals surface area contributed by atoms with Gasteiger partial charge in [-0.3, -0.25) is 4.18 Å². The van der Waals surface area contributed by atoms with Crippen molar-refractivity contribution in [2.75, 3.05) is 6.26 Å². The summed E-state index contributed by atoms with van der Waals surface area (Å²) < 4.78 is 49.8. The molecule has 342 valence electrons. The molecule has 58 heavy (non-hydrogen) atoms. The van der Waals surface area contributed by atoms with E-state index in [1.165, 1.54) is 103 Å². The molecule has 0 N–H and O–H groups in total. The number of ether oxygens (including phenoxy) is 1. The molecule has 0 saturated heterocycles. The molecule has 4 atom stereocenters. The van der Waals surface area contributed by atoms with Crippen LogP contribution in [0.25, 0.3) is 0 Å². The summed E-state index contributed by atoms with van der Waals surface area (Å²) >= 11 is 0. The minimum Gasteiger partial charge on any atom is -0.455 e. The topological polar surface area (TPSA) is 88.1 Å². The van der Waals surface area contributed by atoms with Gasteiger partial charge in [0, 0.05) is 18.1 Å². The molecule has 0 aromatic heterocycles. The van der Waals surface area contributed by atoms with Crippen LogP contribution in [0.15, 0.2) is 23.8 Å². The van der Waals surface area contributed by atoms with Crippen LogP contribution in [-0.2, 0) is 32.7 Å². The highest BCUT2D eigenvalue weighted by atomic mass is 32.2. The molecule has 1 aliphatic heterocycles. The largest absolute Gasteiger partial charge is 0.455 e. The summed E-state index contributed by atoms with van der Waals surface area (Å²) in [5.41, 5.74) is 0.784. The summed E-state index contributed by atoms with van der Waals surface area (Å²) in [6, 6.07) is 0. The smallest absolute Gasteiger partial charge is 0.334 e. The van der Waals surface area contributed by atoms with E-state index in [0.29, 0.717) is 12.8 Å². The minimum absolute atomic E-state index is 0.0357. The van der Waals surface area contributed by atoms with Gasteiger partial charge in [0.1, 0.15) is 12.2 Å². The fourth-order valence-corrected chi connectivity index (χ4v) is 10.7. The molecule has 0 aliphatic carbocycles. The molecule has 1 heterocycles. The highest BCUT2D eigenvalue weighted by Crippen LogP contribution is 2.40. The Morgan fingerprint density at radius 3 is 1.57 bits per heavy atom. The Kier molecular flexibility index (Phi) is 26.7. The first kappa shape index (κ1) is 55.2. The Morgan fingerprint density at radius 1 is 0.655 bits per heavy atom. The maximum atomic E-state index is 12.5. The molecule has 0 bridgehead atoms. The van der Waals surface area contributed by atoms with Crippen LogP contribution in [-0.4, -0.2) is 61.7 Å². The van der Waals surface area contributed by atoms with Crippen molar-refractivity contribution >= 4 is 32.7 Å². The van der Waals surface area contributed by atoms with Crippen LogP contribution in [0.5, 0.6) is 0 Å². The number of carbonyl (C=O) groups excluding carboxylic acids is 1. The van der Waals surface area contributed by atoms with E-state index >= 15 is 0 Å². The lowest BCUT2D eigenvalue weighted by molar-refractivity contribution is -0.139. The second-order valence-corrected chi connectivity index (χ2v) is 31.8. The maximum absolute atomic E-state index is 12.5. The van der Waals surface area contributed by atoms with Crippen molar-refractivity contribution in [1.29, 1.82) is 0 Å². The Hall–Kier alpha value is -0.786. The zero-order valence-electron chi connectivity index (χ0n) is 40.3. The second kappa shape index (κ2) is 28.0. The molecule has 7 nitrogen and oxygen atoms in total. The van der Waals surface area contributed by atoms with E-state index in [4.69, 9.17) is 17.8 Å².